The summed E-state index contributed by atoms with van der Waals surface area (Å²) in [6.45, 7) is 7.41. The third-order valence-corrected chi connectivity index (χ3v) is 5.02. The number of nitrogens with zero attached hydrogens (tertiary/aromatic N) is 3. The van der Waals surface area contributed by atoms with Crippen LogP contribution in [0.25, 0.3) is 22.4 Å². The third kappa shape index (κ3) is 3.62. The Hall–Kier alpha value is -3.16. The maximum absolute atomic E-state index is 13.5. The van der Waals surface area contributed by atoms with Gasteiger partial charge in [0.2, 0.25) is 0 Å². The molecular weight excluding hydrogens is 374 g/mol. The summed E-state index contributed by atoms with van der Waals surface area (Å²) in [7, 11) is 0. The molecular formula is C21H23N3O5. The Morgan fingerprint density at radius 1 is 1.24 bits per heavy atom. The predicted molar refractivity (Wildman–Crippen MR) is 104 cm³/mol. The molecule has 0 aromatic carbocycles. The average Bonchev–Trinajstić information content (AvgIpc) is 3.37. The first kappa shape index (κ1) is 19.2. The number of aromatic nitrogens is 2. The van der Waals surface area contributed by atoms with E-state index in [0.29, 0.717) is 28.1 Å². The number of carbonyl (C=O) groups excluding carboxylic acids is 2. The second-order valence-electron chi connectivity index (χ2n) is 7.30. The van der Waals surface area contributed by atoms with Crippen molar-refractivity contribution in [1.82, 2.24) is 15.0 Å². The Morgan fingerprint density at radius 2 is 2.00 bits per heavy atom. The summed E-state index contributed by atoms with van der Waals surface area (Å²) in [6, 6.07) is 3.64. The number of furan rings is 1. The minimum Gasteiger partial charge on any atom is -0.466 e. The summed E-state index contributed by atoms with van der Waals surface area (Å²) in [6.07, 6.45) is 1.74. The van der Waals surface area contributed by atoms with Crippen LogP contribution in [0, 0.1) is 20.8 Å². The number of hydrogen-bond acceptors (Lipinski definition) is 7. The second kappa shape index (κ2) is 7.35. The minimum absolute atomic E-state index is 0.0386. The van der Waals surface area contributed by atoms with Crippen molar-refractivity contribution in [1.29, 1.82) is 0 Å². The molecule has 1 fully saturated rings. The van der Waals surface area contributed by atoms with E-state index in [4.69, 9.17) is 13.7 Å². The largest absolute Gasteiger partial charge is 0.466 e. The average molecular weight is 397 g/mol. The van der Waals surface area contributed by atoms with E-state index in [-0.39, 0.29) is 30.8 Å². The highest BCUT2D eigenvalue weighted by Gasteiger charge is 2.36. The molecule has 3 aromatic heterocycles. The van der Waals surface area contributed by atoms with Gasteiger partial charge in [0, 0.05) is 11.6 Å². The number of pyridine rings is 1. The fraction of sp³-hybridized carbons (Fsp3) is 0.429. The summed E-state index contributed by atoms with van der Waals surface area (Å²) in [4.78, 5) is 31.7. The first-order chi connectivity index (χ1) is 13.9. The number of carbonyl (C=O) groups is 2. The standard InChI is InChI=1S/C21H23N3O5/c1-5-27-18(25)10-24(14-6-7-14)21(26)16-9-17(15-8-11(2)28-13(15)4)22-20-19(16)12(3)23-29-20/h8-9,14H,5-7,10H2,1-4H3. The minimum atomic E-state index is -0.415. The molecule has 4 rings (SSSR count). The van der Waals surface area contributed by atoms with E-state index in [0.717, 1.165) is 24.2 Å². The van der Waals surface area contributed by atoms with Crippen molar-refractivity contribution in [2.45, 2.75) is 46.6 Å². The molecule has 3 aromatic rings. The number of ether oxygens (including phenoxy) is 1. The Kier molecular flexibility index (Phi) is 4.86. The zero-order valence-corrected chi connectivity index (χ0v) is 16.9. The lowest BCUT2D eigenvalue weighted by Gasteiger charge is -2.22. The Labute approximate surface area is 167 Å². The summed E-state index contributed by atoms with van der Waals surface area (Å²) in [5, 5.41) is 4.55. The maximum atomic E-state index is 13.5. The lowest BCUT2D eigenvalue weighted by atomic mass is 10.0. The molecule has 1 amide bonds. The van der Waals surface area contributed by atoms with Gasteiger partial charge in [-0.3, -0.25) is 9.59 Å². The van der Waals surface area contributed by atoms with Gasteiger partial charge in [-0.25, -0.2) is 4.98 Å². The van der Waals surface area contributed by atoms with Gasteiger partial charge >= 0.3 is 5.97 Å². The number of rotatable bonds is 6. The molecule has 0 aliphatic heterocycles. The smallest absolute Gasteiger partial charge is 0.325 e. The summed E-state index contributed by atoms with van der Waals surface area (Å²) < 4.78 is 16.0. The van der Waals surface area contributed by atoms with Crippen molar-refractivity contribution in [2.24, 2.45) is 0 Å². The fourth-order valence-corrected chi connectivity index (χ4v) is 3.54. The highest BCUT2D eigenvalue weighted by Crippen LogP contribution is 2.33. The zero-order chi connectivity index (χ0) is 20.7. The maximum Gasteiger partial charge on any atom is 0.325 e. The van der Waals surface area contributed by atoms with E-state index in [2.05, 4.69) is 10.1 Å². The molecule has 0 unspecified atom stereocenters. The van der Waals surface area contributed by atoms with Crippen LogP contribution in [0.15, 0.2) is 21.1 Å². The molecule has 8 nitrogen and oxygen atoms in total. The fourth-order valence-electron chi connectivity index (χ4n) is 3.54. The van der Waals surface area contributed by atoms with Gasteiger partial charge in [-0.05, 0) is 52.7 Å². The molecule has 3 heterocycles. The molecule has 1 aliphatic carbocycles. The van der Waals surface area contributed by atoms with Gasteiger partial charge in [0.15, 0.2) is 0 Å². The van der Waals surface area contributed by atoms with Gasteiger partial charge in [0.25, 0.3) is 11.6 Å². The van der Waals surface area contributed by atoms with E-state index >= 15 is 0 Å². The molecule has 8 heteroatoms. The normalized spacial score (nSPS) is 13.7. The second-order valence-corrected chi connectivity index (χ2v) is 7.30. The third-order valence-electron chi connectivity index (χ3n) is 5.02. The Balaban J connectivity index is 1.80. The molecule has 0 atom stereocenters. The topological polar surface area (TPSA) is 98.7 Å². The Morgan fingerprint density at radius 3 is 2.62 bits per heavy atom. The number of esters is 1. The van der Waals surface area contributed by atoms with Crippen LogP contribution in [0.1, 0.15) is 47.3 Å². The first-order valence-electron chi connectivity index (χ1n) is 9.70. The molecule has 0 N–H and O–H groups in total. The van der Waals surface area contributed by atoms with Gasteiger partial charge in [-0.15, -0.1) is 0 Å². The predicted octanol–water partition coefficient (Wildman–Crippen LogP) is 3.58. The number of fused-ring (bicyclic) bond motifs is 1. The van der Waals surface area contributed by atoms with Crippen LogP contribution in [0.2, 0.25) is 0 Å². The molecule has 0 radical (unpaired) electrons. The lowest BCUT2D eigenvalue weighted by Crippen LogP contribution is -2.38. The molecule has 0 bridgehead atoms. The van der Waals surface area contributed by atoms with E-state index in [1.54, 1.807) is 24.8 Å². The van der Waals surface area contributed by atoms with Crippen LogP contribution >= 0.6 is 0 Å². The van der Waals surface area contributed by atoms with Gasteiger partial charge in [-0.2, -0.15) is 0 Å². The monoisotopic (exact) mass is 397 g/mol. The summed E-state index contributed by atoms with van der Waals surface area (Å²) >= 11 is 0. The van der Waals surface area contributed by atoms with Crippen molar-refractivity contribution in [2.75, 3.05) is 13.2 Å². The van der Waals surface area contributed by atoms with Crippen molar-refractivity contribution < 1.29 is 23.3 Å². The number of aryl methyl sites for hydroxylation is 3. The molecule has 152 valence electrons. The number of amides is 1. The van der Waals surface area contributed by atoms with Crippen LogP contribution in [0.5, 0.6) is 0 Å². The van der Waals surface area contributed by atoms with Gasteiger partial charge < -0.3 is 18.6 Å². The van der Waals surface area contributed by atoms with Crippen LogP contribution in [0.4, 0.5) is 0 Å². The Bertz CT molecular complexity index is 1090. The lowest BCUT2D eigenvalue weighted by molar-refractivity contribution is -0.144. The van der Waals surface area contributed by atoms with Gasteiger partial charge in [0.1, 0.15) is 18.1 Å². The molecule has 0 spiro atoms. The highest BCUT2D eigenvalue weighted by atomic mass is 16.5. The highest BCUT2D eigenvalue weighted by molar-refractivity contribution is 6.08. The van der Waals surface area contributed by atoms with Gasteiger partial charge in [0.05, 0.1) is 28.9 Å². The van der Waals surface area contributed by atoms with Crippen LogP contribution in [0.3, 0.4) is 0 Å². The van der Waals surface area contributed by atoms with Crippen molar-refractivity contribution >= 4 is 23.0 Å². The molecule has 1 saturated carbocycles. The van der Waals surface area contributed by atoms with E-state index in [1.165, 1.54) is 0 Å². The van der Waals surface area contributed by atoms with E-state index in [1.807, 2.05) is 19.9 Å². The van der Waals surface area contributed by atoms with Crippen molar-refractivity contribution in [3.63, 3.8) is 0 Å². The first-order valence-corrected chi connectivity index (χ1v) is 9.70. The van der Waals surface area contributed by atoms with Crippen LogP contribution < -0.4 is 0 Å². The van der Waals surface area contributed by atoms with E-state index < -0.39 is 5.97 Å². The zero-order valence-electron chi connectivity index (χ0n) is 16.9. The molecule has 0 saturated heterocycles. The van der Waals surface area contributed by atoms with Crippen LogP contribution in [-0.2, 0) is 9.53 Å². The van der Waals surface area contributed by atoms with Crippen LogP contribution in [-0.4, -0.2) is 46.1 Å². The quantitative estimate of drug-likeness (QED) is 0.586. The molecule has 1 aliphatic rings. The number of hydrogen-bond donors (Lipinski definition) is 0. The van der Waals surface area contributed by atoms with Crippen molar-refractivity contribution in [3.8, 4) is 11.3 Å². The summed E-state index contributed by atoms with van der Waals surface area (Å²) in [5.74, 6) is 0.789. The summed E-state index contributed by atoms with van der Waals surface area (Å²) in [5.41, 5.74) is 2.63. The van der Waals surface area contributed by atoms with Gasteiger partial charge in [-0.1, -0.05) is 5.16 Å². The van der Waals surface area contributed by atoms with Crippen molar-refractivity contribution in [3.05, 3.63) is 34.9 Å². The molecule has 29 heavy (non-hydrogen) atoms. The van der Waals surface area contributed by atoms with E-state index in [9.17, 15) is 9.59 Å². The SMILES string of the molecule is CCOC(=O)CN(C(=O)c1cc(-c2cc(C)oc2C)nc2onc(C)c12)C1CC1.